The van der Waals surface area contributed by atoms with Gasteiger partial charge in [-0.05, 0) is 31.0 Å². The van der Waals surface area contributed by atoms with Gasteiger partial charge in [-0.3, -0.25) is 4.79 Å². The largest absolute Gasteiger partial charge is 0.349 e. The first-order valence-electron chi connectivity index (χ1n) is 7.75. The van der Waals surface area contributed by atoms with Gasteiger partial charge in [0, 0.05) is 19.1 Å². The van der Waals surface area contributed by atoms with E-state index in [1.165, 1.54) is 22.5 Å². The molecule has 0 aliphatic carbocycles. The molecule has 1 unspecified atom stereocenters. The van der Waals surface area contributed by atoms with Crippen LogP contribution in [0.3, 0.4) is 0 Å². The van der Waals surface area contributed by atoms with E-state index in [4.69, 9.17) is 11.6 Å². The third kappa shape index (κ3) is 4.68. The molecule has 1 aromatic carbocycles. The lowest BCUT2D eigenvalue weighted by atomic mass is 10.1. The molecule has 1 aromatic rings. The number of hydrogen-bond acceptors (Lipinski definition) is 3. The minimum Gasteiger partial charge on any atom is -0.349 e. The summed E-state index contributed by atoms with van der Waals surface area (Å²) in [6.07, 6.45) is 0. The highest BCUT2D eigenvalue weighted by atomic mass is 35.5. The topological polar surface area (TPSA) is 66.5 Å². The second-order valence-electron chi connectivity index (χ2n) is 5.74. The smallest absolute Gasteiger partial charge is 0.253 e. The molecule has 0 aromatic heterocycles. The Morgan fingerprint density at radius 3 is 2.26 bits per heavy atom. The molecule has 0 radical (unpaired) electrons. The highest BCUT2D eigenvalue weighted by Crippen LogP contribution is 2.23. The van der Waals surface area contributed by atoms with Crippen LogP contribution in [-0.2, 0) is 10.0 Å². The monoisotopic (exact) mass is 360 g/mol. The second kappa shape index (κ2) is 8.13. The average molecular weight is 361 g/mol. The van der Waals surface area contributed by atoms with Gasteiger partial charge < -0.3 is 5.32 Å². The van der Waals surface area contributed by atoms with Gasteiger partial charge in [-0.25, -0.2) is 8.42 Å². The summed E-state index contributed by atoms with van der Waals surface area (Å²) in [5.74, 6) is -0.104. The van der Waals surface area contributed by atoms with Gasteiger partial charge >= 0.3 is 0 Å². The summed E-state index contributed by atoms with van der Waals surface area (Å²) in [4.78, 5) is 12.4. The number of halogens is 1. The van der Waals surface area contributed by atoms with Crippen LogP contribution in [0, 0.1) is 5.92 Å². The van der Waals surface area contributed by atoms with E-state index in [2.05, 4.69) is 5.32 Å². The fourth-order valence-corrected chi connectivity index (χ4v) is 3.69. The van der Waals surface area contributed by atoms with Gasteiger partial charge in [0.05, 0.1) is 15.5 Å². The Morgan fingerprint density at radius 1 is 1.22 bits per heavy atom. The molecule has 5 nitrogen and oxygen atoms in total. The molecule has 23 heavy (non-hydrogen) atoms. The molecule has 1 atom stereocenters. The summed E-state index contributed by atoms with van der Waals surface area (Å²) in [6, 6.07) is 4.19. The van der Waals surface area contributed by atoms with Gasteiger partial charge in [-0.1, -0.05) is 39.3 Å². The molecule has 0 bridgehead atoms. The molecular formula is C16H25ClN2O3S. The van der Waals surface area contributed by atoms with Crippen LogP contribution in [0.4, 0.5) is 0 Å². The maximum Gasteiger partial charge on any atom is 0.253 e. The molecule has 7 heteroatoms. The molecule has 0 aliphatic rings. The average Bonchev–Trinajstić information content (AvgIpc) is 2.48. The molecule has 1 N–H and O–H groups in total. The van der Waals surface area contributed by atoms with Crippen LogP contribution in [0.25, 0.3) is 0 Å². The third-order valence-electron chi connectivity index (χ3n) is 3.88. The Kier molecular flexibility index (Phi) is 7.04. The predicted octanol–water partition coefficient (Wildman–Crippen LogP) is 3.14. The number of carbonyl (C=O) groups excluding carboxylic acids is 1. The van der Waals surface area contributed by atoms with Crippen LogP contribution in [0.1, 0.15) is 45.0 Å². The minimum atomic E-state index is -3.62. The van der Waals surface area contributed by atoms with Crippen LogP contribution in [0.5, 0.6) is 0 Å². The highest BCUT2D eigenvalue weighted by Gasteiger charge is 2.24. The molecule has 1 amide bonds. The van der Waals surface area contributed by atoms with E-state index in [9.17, 15) is 13.2 Å². The van der Waals surface area contributed by atoms with Gasteiger partial charge in [0.1, 0.15) is 0 Å². The summed E-state index contributed by atoms with van der Waals surface area (Å²) >= 11 is 6.08. The van der Waals surface area contributed by atoms with Gasteiger partial charge in [0.25, 0.3) is 5.91 Å². The van der Waals surface area contributed by atoms with Crippen LogP contribution in [0.15, 0.2) is 23.1 Å². The summed E-state index contributed by atoms with van der Waals surface area (Å²) in [7, 11) is -3.62. The zero-order chi connectivity index (χ0) is 17.8. The zero-order valence-electron chi connectivity index (χ0n) is 14.3. The zero-order valence-corrected chi connectivity index (χ0v) is 15.8. The minimum absolute atomic E-state index is 0.0402. The molecule has 0 saturated heterocycles. The maximum atomic E-state index is 12.6. The van der Waals surface area contributed by atoms with Gasteiger partial charge in [0.2, 0.25) is 10.0 Å². The van der Waals surface area contributed by atoms with E-state index >= 15 is 0 Å². The van der Waals surface area contributed by atoms with Crippen molar-refractivity contribution in [3.05, 3.63) is 28.8 Å². The lowest BCUT2D eigenvalue weighted by Crippen LogP contribution is -2.36. The number of sulfonamides is 1. The first kappa shape index (κ1) is 19.9. The Balaban J connectivity index is 3.21. The number of benzene rings is 1. The van der Waals surface area contributed by atoms with E-state index in [-0.39, 0.29) is 33.3 Å². The van der Waals surface area contributed by atoms with E-state index in [1.54, 1.807) is 13.8 Å². The summed E-state index contributed by atoms with van der Waals surface area (Å²) < 4.78 is 26.5. The molecular weight excluding hydrogens is 336 g/mol. The molecule has 0 fully saturated rings. The lowest BCUT2D eigenvalue weighted by molar-refractivity contribution is 0.0930. The van der Waals surface area contributed by atoms with Gasteiger partial charge in [-0.2, -0.15) is 4.31 Å². The normalized spacial score (nSPS) is 13.4. The number of hydrogen-bond donors (Lipinski definition) is 1. The van der Waals surface area contributed by atoms with E-state index < -0.39 is 10.0 Å². The maximum absolute atomic E-state index is 12.6. The number of nitrogens with zero attached hydrogens (tertiary/aromatic N) is 1. The van der Waals surface area contributed by atoms with Crippen LogP contribution in [-0.4, -0.2) is 37.8 Å². The van der Waals surface area contributed by atoms with Crippen molar-refractivity contribution in [3.8, 4) is 0 Å². The lowest BCUT2D eigenvalue weighted by Gasteiger charge is -2.20. The summed E-state index contributed by atoms with van der Waals surface area (Å²) in [5.41, 5.74) is 0.174. The first-order valence-corrected chi connectivity index (χ1v) is 9.57. The molecule has 0 spiro atoms. The Morgan fingerprint density at radius 2 is 1.78 bits per heavy atom. The fraction of sp³-hybridized carbons (Fsp3) is 0.562. The molecule has 1 rings (SSSR count). The molecule has 0 heterocycles. The first-order chi connectivity index (χ1) is 10.6. The van der Waals surface area contributed by atoms with Crippen molar-refractivity contribution in [1.82, 2.24) is 9.62 Å². The SMILES string of the molecule is CCN(CC)S(=O)(=O)c1ccc(Cl)c(C(=O)NC(C)C(C)C)c1. The van der Waals surface area contributed by atoms with Crippen molar-refractivity contribution in [2.45, 2.75) is 45.6 Å². The van der Waals surface area contributed by atoms with Crippen LogP contribution < -0.4 is 5.32 Å². The summed E-state index contributed by atoms with van der Waals surface area (Å²) in [5, 5.41) is 3.07. The van der Waals surface area contributed by atoms with Crippen LogP contribution in [0.2, 0.25) is 5.02 Å². The Hall–Kier alpha value is -1.11. The number of amides is 1. The Labute approximate surface area is 144 Å². The van der Waals surface area contributed by atoms with Crippen molar-refractivity contribution in [2.75, 3.05) is 13.1 Å². The van der Waals surface area contributed by atoms with Crippen LogP contribution >= 0.6 is 11.6 Å². The third-order valence-corrected chi connectivity index (χ3v) is 6.26. The predicted molar refractivity (Wildman–Crippen MR) is 93.3 cm³/mol. The van der Waals surface area contributed by atoms with Crippen molar-refractivity contribution < 1.29 is 13.2 Å². The molecule has 130 valence electrons. The fourth-order valence-electron chi connectivity index (χ4n) is 2.00. The van der Waals surface area contributed by atoms with Crippen molar-refractivity contribution in [1.29, 1.82) is 0 Å². The number of rotatable bonds is 7. The van der Waals surface area contributed by atoms with Gasteiger partial charge in [-0.15, -0.1) is 0 Å². The molecule has 0 aliphatic heterocycles. The summed E-state index contributed by atoms with van der Waals surface area (Å²) in [6.45, 7) is 10.2. The Bertz CT molecular complexity index is 655. The van der Waals surface area contributed by atoms with Crippen molar-refractivity contribution in [2.24, 2.45) is 5.92 Å². The van der Waals surface area contributed by atoms with Gasteiger partial charge in [0.15, 0.2) is 0 Å². The second-order valence-corrected chi connectivity index (χ2v) is 8.08. The number of carbonyl (C=O) groups is 1. The quantitative estimate of drug-likeness (QED) is 0.812. The molecule has 0 saturated carbocycles. The standard InChI is InChI=1S/C16H25ClN2O3S/c1-6-19(7-2)23(21,22)13-8-9-15(17)14(10-13)16(20)18-12(5)11(3)4/h8-12H,6-7H2,1-5H3,(H,18,20). The van der Waals surface area contributed by atoms with Crippen molar-refractivity contribution >= 4 is 27.5 Å². The van der Waals surface area contributed by atoms with E-state index in [0.29, 0.717) is 13.1 Å². The number of nitrogens with one attached hydrogen (secondary N) is 1. The van der Waals surface area contributed by atoms with E-state index in [1.807, 2.05) is 20.8 Å². The highest BCUT2D eigenvalue weighted by molar-refractivity contribution is 7.89. The van der Waals surface area contributed by atoms with E-state index in [0.717, 1.165) is 0 Å². The van der Waals surface area contributed by atoms with Crippen molar-refractivity contribution in [3.63, 3.8) is 0 Å².